The van der Waals surface area contributed by atoms with Gasteiger partial charge in [-0.25, -0.2) is 14.2 Å². The van der Waals surface area contributed by atoms with Gasteiger partial charge in [-0.15, -0.1) is 0 Å². The number of halogens is 1. The number of hydrogen-bond acceptors (Lipinski definition) is 6. The molecule has 0 fully saturated rings. The summed E-state index contributed by atoms with van der Waals surface area (Å²) in [6.07, 6.45) is 2.43. The summed E-state index contributed by atoms with van der Waals surface area (Å²) >= 11 is 0. The van der Waals surface area contributed by atoms with E-state index in [0.717, 1.165) is 39.9 Å². The van der Waals surface area contributed by atoms with Crippen LogP contribution in [0.25, 0.3) is 28.2 Å². The molecule has 3 heterocycles. The van der Waals surface area contributed by atoms with E-state index in [0.29, 0.717) is 42.2 Å². The first kappa shape index (κ1) is 30.7. The Bertz CT molecular complexity index is 1930. The molecule has 5 aromatic rings. The van der Waals surface area contributed by atoms with Crippen molar-refractivity contribution in [3.63, 3.8) is 0 Å². The molecule has 216 valence electrons. The first-order chi connectivity index (χ1) is 20.1. The Labute approximate surface area is 271 Å². The average Bonchev–Trinajstić information content (AvgIpc) is 3.53. The van der Waals surface area contributed by atoms with Crippen LogP contribution in [0, 0.1) is 12.7 Å². The fourth-order valence-electron chi connectivity index (χ4n) is 5.72. The second-order valence-electron chi connectivity index (χ2n) is 11.3. The summed E-state index contributed by atoms with van der Waals surface area (Å²) in [5.41, 5.74) is 5.31. The Hall–Kier alpha value is -3.79. The smallest absolute Gasteiger partial charge is 1.00 e. The van der Waals surface area contributed by atoms with Gasteiger partial charge in [-0.2, -0.15) is 0 Å². The molecule has 1 aliphatic heterocycles. The molecule has 0 aliphatic carbocycles. The number of H-pyrrole nitrogens is 1. The number of nitrogens with one attached hydrogen (secondary N) is 1. The molecule has 1 N–H and O–H groups in total. The normalized spacial score (nSPS) is 13.3. The molecule has 0 bridgehead atoms. The van der Waals surface area contributed by atoms with Crippen LogP contribution in [0.3, 0.4) is 0 Å². The van der Waals surface area contributed by atoms with Crippen molar-refractivity contribution in [1.29, 1.82) is 0 Å². The SMILES string of the molecule is CCCc1nc(C)n(-c2cc(F)c3c(c2)CC(C)(C)O3)c(=O)c1Cc1ccc(-c2ccccc2-c2noc(=O)[nH]2)cc1.[H-].[Na+]. The second kappa shape index (κ2) is 12.1. The van der Waals surface area contributed by atoms with E-state index in [9.17, 15) is 9.59 Å². The maximum atomic E-state index is 15.1. The van der Waals surface area contributed by atoms with E-state index in [1.807, 2.05) is 68.4 Å². The summed E-state index contributed by atoms with van der Waals surface area (Å²) in [7, 11) is 0. The number of aromatic amines is 1. The van der Waals surface area contributed by atoms with Crippen LogP contribution < -0.4 is 45.6 Å². The third-order valence-corrected chi connectivity index (χ3v) is 7.54. The van der Waals surface area contributed by atoms with Gasteiger partial charge in [-0.1, -0.05) is 67.0 Å². The summed E-state index contributed by atoms with van der Waals surface area (Å²) in [5, 5.41) is 3.84. The van der Waals surface area contributed by atoms with Crippen LogP contribution in [-0.2, 0) is 19.3 Å². The molecule has 3 aromatic carbocycles. The molecule has 10 heteroatoms. The number of hydrogen-bond donors (Lipinski definition) is 1. The molecule has 0 saturated heterocycles. The Kier molecular flexibility index (Phi) is 8.61. The van der Waals surface area contributed by atoms with Gasteiger partial charge < -0.3 is 6.16 Å². The van der Waals surface area contributed by atoms with E-state index >= 15 is 4.39 Å². The standard InChI is InChI=1S/C33H31FN4O4.Na.H/c1-5-8-28-26(31(39)38(19(2)35-28)23-16-22-18-33(3,4)41-29(22)27(34)17-23)15-20-11-13-21(14-12-20)24-9-6-7-10-25(24)30-36-32(40)42-37-30;;/h6-7,9-14,16-17H,5,8,15,18H2,1-4H3,(H,36,37,40);;/q;+1;-1. The van der Waals surface area contributed by atoms with Crippen LogP contribution in [0.5, 0.6) is 5.75 Å². The predicted molar refractivity (Wildman–Crippen MR) is 159 cm³/mol. The van der Waals surface area contributed by atoms with Crippen LogP contribution in [0.1, 0.15) is 56.8 Å². The van der Waals surface area contributed by atoms with Gasteiger partial charge in [0.2, 0.25) is 0 Å². The molecule has 43 heavy (non-hydrogen) atoms. The zero-order chi connectivity index (χ0) is 29.6. The fourth-order valence-corrected chi connectivity index (χ4v) is 5.72. The Balaban J connectivity index is 0.00000221. The number of fused-ring (bicyclic) bond motifs is 1. The minimum atomic E-state index is -0.616. The van der Waals surface area contributed by atoms with Gasteiger partial charge in [0.15, 0.2) is 17.4 Å². The van der Waals surface area contributed by atoms with Crippen molar-refractivity contribution < 1.29 is 44.6 Å². The van der Waals surface area contributed by atoms with Gasteiger partial charge in [0.1, 0.15) is 11.4 Å². The van der Waals surface area contributed by atoms with E-state index < -0.39 is 17.2 Å². The molecule has 0 spiro atoms. The van der Waals surface area contributed by atoms with E-state index in [2.05, 4.69) is 17.1 Å². The van der Waals surface area contributed by atoms with Crippen molar-refractivity contribution in [3.8, 4) is 34.0 Å². The Morgan fingerprint density at radius 2 is 1.79 bits per heavy atom. The number of benzene rings is 3. The quantitative estimate of drug-likeness (QED) is 0.293. The van der Waals surface area contributed by atoms with Crippen molar-refractivity contribution in [3.05, 3.63) is 116 Å². The summed E-state index contributed by atoms with van der Waals surface area (Å²) < 4.78 is 27.1. The van der Waals surface area contributed by atoms with Crippen LogP contribution >= 0.6 is 0 Å². The monoisotopic (exact) mass is 590 g/mol. The zero-order valence-electron chi connectivity index (χ0n) is 26.0. The molecule has 0 atom stereocenters. The average molecular weight is 591 g/mol. The van der Waals surface area contributed by atoms with Gasteiger partial charge >= 0.3 is 35.3 Å². The van der Waals surface area contributed by atoms with E-state index in [1.54, 1.807) is 6.92 Å². The molecule has 0 amide bonds. The van der Waals surface area contributed by atoms with E-state index in [1.165, 1.54) is 10.6 Å². The number of ether oxygens (including phenoxy) is 1. The molecule has 0 saturated carbocycles. The maximum Gasteiger partial charge on any atom is 1.00 e. The minimum Gasteiger partial charge on any atom is -1.00 e. The predicted octanol–water partition coefficient (Wildman–Crippen LogP) is 3.06. The van der Waals surface area contributed by atoms with Crippen LogP contribution in [0.15, 0.2) is 74.8 Å². The van der Waals surface area contributed by atoms with Crippen molar-refractivity contribution >= 4 is 0 Å². The number of rotatable bonds is 7. The maximum absolute atomic E-state index is 15.1. The van der Waals surface area contributed by atoms with Crippen molar-refractivity contribution in [1.82, 2.24) is 19.7 Å². The van der Waals surface area contributed by atoms with Gasteiger partial charge in [0.25, 0.3) is 5.56 Å². The number of aromatic nitrogens is 4. The largest absolute Gasteiger partial charge is 1.00 e. The molecule has 2 aromatic heterocycles. The van der Waals surface area contributed by atoms with Crippen molar-refractivity contribution in [2.24, 2.45) is 0 Å². The molecule has 6 rings (SSSR count). The number of nitrogens with zero attached hydrogens (tertiary/aromatic N) is 3. The van der Waals surface area contributed by atoms with Crippen molar-refractivity contribution in [2.45, 2.75) is 59.0 Å². The molecule has 1 aliphatic rings. The first-order valence-corrected chi connectivity index (χ1v) is 14.0. The topological polar surface area (TPSA) is 103 Å². The Morgan fingerprint density at radius 1 is 1.07 bits per heavy atom. The van der Waals surface area contributed by atoms with E-state index in [-0.39, 0.29) is 42.3 Å². The van der Waals surface area contributed by atoms with Crippen LogP contribution in [0.4, 0.5) is 4.39 Å². The summed E-state index contributed by atoms with van der Waals surface area (Å²) in [5.74, 6) is 0.0250. The van der Waals surface area contributed by atoms with Crippen molar-refractivity contribution in [2.75, 3.05) is 0 Å². The van der Waals surface area contributed by atoms with E-state index in [4.69, 9.17) is 14.2 Å². The van der Waals surface area contributed by atoms with Gasteiger partial charge in [0, 0.05) is 35.6 Å². The second-order valence-corrected chi connectivity index (χ2v) is 11.3. The number of aryl methyl sites for hydroxylation is 2. The zero-order valence-corrected chi connectivity index (χ0v) is 27.0. The summed E-state index contributed by atoms with van der Waals surface area (Å²) in [6, 6.07) is 18.7. The third kappa shape index (κ3) is 6.02. The van der Waals surface area contributed by atoms with Gasteiger partial charge in [0.05, 0.1) is 11.4 Å². The van der Waals surface area contributed by atoms with Crippen LogP contribution in [0.2, 0.25) is 0 Å². The molecule has 8 nitrogen and oxygen atoms in total. The first-order valence-electron chi connectivity index (χ1n) is 14.0. The summed E-state index contributed by atoms with van der Waals surface area (Å²) in [4.78, 5) is 33.0. The third-order valence-electron chi connectivity index (χ3n) is 7.54. The van der Waals surface area contributed by atoms with Gasteiger partial charge in [-0.3, -0.25) is 18.9 Å². The van der Waals surface area contributed by atoms with Gasteiger partial charge in [-0.05, 0) is 49.9 Å². The Morgan fingerprint density at radius 3 is 2.47 bits per heavy atom. The molecule has 0 radical (unpaired) electrons. The van der Waals surface area contributed by atoms with Crippen LogP contribution in [-0.4, -0.2) is 25.3 Å². The molecular formula is C33H32FN4NaO4. The molecular weight excluding hydrogens is 558 g/mol. The minimum absolute atomic E-state index is 0. The summed E-state index contributed by atoms with van der Waals surface area (Å²) in [6.45, 7) is 7.67. The fraction of sp³-hybridized carbons (Fsp3) is 0.273. The molecule has 0 unspecified atom stereocenters.